The molecule has 0 spiro atoms. The number of aliphatic hydroxyl groups is 1. The first kappa shape index (κ1) is 30.6. The van der Waals surface area contributed by atoms with Crippen molar-refractivity contribution in [3.8, 4) is 6.07 Å². The van der Waals surface area contributed by atoms with E-state index in [1.807, 2.05) is 26.0 Å². The highest BCUT2D eigenvalue weighted by molar-refractivity contribution is 5.94. The van der Waals surface area contributed by atoms with E-state index in [1.165, 1.54) is 16.9 Å². The van der Waals surface area contributed by atoms with Gasteiger partial charge in [-0.3, -0.25) is 14.4 Å². The van der Waals surface area contributed by atoms with Crippen LogP contribution in [0, 0.1) is 29.1 Å². The second-order valence-electron chi connectivity index (χ2n) is 11.0. The summed E-state index contributed by atoms with van der Waals surface area (Å²) in [7, 11) is 0. The van der Waals surface area contributed by atoms with E-state index in [2.05, 4.69) is 15.4 Å². The average Bonchev–Trinajstić information content (AvgIpc) is 3.52. The normalized spacial score (nSPS) is 22.6. The van der Waals surface area contributed by atoms with Gasteiger partial charge in [-0.2, -0.15) is 10.4 Å². The number of hydrogen-bond acceptors (Lipinski definition) is 10. The minimum atomic E-state index is -2.07. The molecule has 2 N–H and O–H groups in total. The molecule has 1 saturated heterocycles. The van der Waals surface area contributed by atoms with Crippen LogP contribution in [0.2, 0.25) is 0 Å². The van der Waals surface area contributed by atoms with Gasteiger partial charge in [-0.25, -0.2) is 9.50 Å². The van der Waals surface area contributed by atoms with E-state index < -0.39 is 41.8 Å². The van der Waals surface area contributed by atoms with Crippen LogP contribution in [0.1, 0.15) is 45.9 Å². The number of aliphatic hydroxyl groups excluding tert-OH is 1. The smallest absolute Gasteiger partial charge is 0.310 e. The lowest BCUT2D eigenvalue weighted by molar-refractivity contribution is -0.164. The molecule has 2 aromatic heterocycles. The van der Waals surface area contributed by atoms with E-state index in [4.69, 9.17) is 14.2 Å². The predicted octanol–water partition coefficient (Wildman–Crippen LogP) is 2.79. The van der Waals surface area contributed by atoms with Gasteiger partial charge >= 0.3 is 11.9 Å². The fourth-order valence-corrected chi connectivity index (χ4v) is 4.52. The lowest BCUT2D eigenvalue weighted by atomic mass is 9.92. The Hall–Kier alpha value is -4.34. The van der Waals surface area contributed by atoms with Crippen molar-refractivity contribution in [3.63, 3.8) is 0 Å². The number of aromatic nitrogens is 3. The van der Waals surface area contributed by atoms with Gasteiger partial charge in [-0.05, 0) is 23.6 Å². The molecular weight excluding hydrogens is 542 g/mol. The SMILES string of the molecule is CC(C)C(=O)Nc1ncnn2c([C@]3(C#N)O[C@H](COC(=O)Cc4ccccc4)[C@@H](OC(=O)[C@@H](C)C(C)C)[C@H]3O)ccc12. The monoisotopic (exact) mass is 577 g/mol. The number of hydrogen-bond donors (Lipinski definition) is 2. The van der Waals surface area contributed by atoms with Crippen molar-refractivity contribution in [1.29, 1.82) is 5.26 Å². The van der Waals surface area contributed by atoms with E-state index in [0.717, 1.165) is 5.56 Å². The quantitative estimate of drug-likeness (QED) is 0.342. The van der Waals surface area contributed by atoms with Crippen LogP contribution in [0.25, 0.3) is 5.52 Å². The van der Waals surface area contributed by atoms with E-state index in [1.54, 1.807) is 51.1 Å². The van der Waals surface area contributed by atoms with Crippen LogP contribution in [0.3, 0.4) is 0 Å². The third-order valence-corrected chi connectivity index (χ3v) is 7.42. The summed E-state index contributed by atoms with van der Waals surface area (Å²) in [5.74, 6) is -2.08. The van der Waals surface area contributed by atoms with Crippen molar-refractivity contribution >= 4 is 29.2 Å². The minimum absolute atomic E-state index is 0.000517. The van der Waals surface area contributed by atoms with E-state index in [9.17, 15) is 24.8 Å². The highest BCUT2D eigenvalue weighted by Gasteiger charge is 2.60. The first-order chi connectivity index (χ1) is 20.0. The molecule has 3 heterocycles. The number of fused-ring (bicyclic) bond motifs is 1. The third kappa shape index (κ3) is 6.12. The van der Waals surface area contributed by atoms with Gasteiger partial charge in [-0.1, -0.05) is 65.0 Å². The molecule has 0 saturated carbocycles. The zero-order valence-corrected chi connectivity index (χ0v) is 24.2. The molecule has 1 fully saturated rings. The third-order valence-electron chi connectivity index (χ3n) is 7.42. The fourth-order valence-electron chi connectivity index (χ4n) is 4.52. The first-order valence-corrected chi connectivity index (χ1v) is 13.8. The summed E-state index contributed by atoms with van der Waals surface area (Å²) in [6.45, 7) is 8.51. The molecule has 1 aliphatic rings. The molecule has 5 atom stereocenters. The number of carbonyl (C=O) groups excluding carboxylic acids is 3. The Bertz CT molecular complexity index is 1480. The number of esters is 2. The molecule has 42 heavy (non-hydrogen) atoms. The van der Waals surface area contributed by atoms with Crippen molar-refractivity contribution in [2.45, 2.75) is 65.0 Å². The van der Waals surface area contributed by atoms with Crippen molar-refractivity contribution in [1.82, 2.24) is 14.6 Å². The average molecular weight is 578 g/mol. The van der Waals surface area contributed by atoms with Gasteiger partial charge in [0, 0.05) is 5.92 Å². The summed E-state index contributed by atoms with van der Waals surface area (Å²) < 4.78 is 18.7. The van der Waals surface area contributed by atoms with E-state index >= 15 is 0 Å². The van der Waals surface area contributed by atoms with Crippen molar-refractivity contribution in [3.05, 3.63) is 60.0 Å². The number of ether oxygens (including phenoxy) is 3. The van der Waals surface area contributed by atoms with Gasteiger partial charge < -0.3 is 24.6 Å². The van der Waals surface area contributed by atoms with Crippen molar-refractivity contribution in [2.75, 3.05) is 11.9 Å². The Kier molecular flexibility index (Phi) is 9.23. The second-order valence-corrected chi connectivity index (χ2v) is 11.0. The molecule has 3 aromatic rings. The maximum Gasteiger partial charge on any atom is 0.310 e. The maximum absolute atomic E-state index is 13.0. The van der Waals surface area contributed by atoms with Gasteiger partial charge in [0.2, 0.25) is 11.5 Å². The van der Waals surface area contributed by atoms with Crippen LogP contribution in [0.15, 0.2) is 48.8 Å². The van der Waals surface area contributed by atoms with Gasteiger partial charge in [0.05, 0.1) is 18.0 Å². The van der Waals surface area contributed by atoms with E-state index in [0.29, 0.717) is 5.52 Å². The molecule has 12 nitrogen and oxygen atoms in total. The largest absolute Gasteiger partial charge is 0.463 e. The van der Waals surface area contributed by atoms with Crippen LogP contribution >= 0.6 is 0 Å². The maximum atomic E-state index is 13.0. The standard InChI is InChI=1S/C30H35N5O7/c1-17(2)19(5)29(39)41-25-22(14-40-24(36)13-20-9-7-6-8-10-20)42-30(15-31,26(25)37)23-12-11-21-27(32-16-33-35(21)23)34-28(38)18(3)4/h6-12,16-19,22,25-26,37H,13-14H2,1-5H3,(H,32,33,34,38)/t19-,22+,25+,26+,30-/m0/s1. The number of nitrogens with one attached hydrogen (secondary N) is 1. The van der Waals surface area contributed by atoms with Crippen LogP contribution < -0.4 is 5.32 Å². The number of carbonyl (C=O) groups is 3. The molecule has 0 radical (unpaired) electrons. The lowest BCUT2D eigenvalue weighted by Crippen LogP contribution is -2.44. The van der Waals surface area contributed by atoms with Crippen LogP contribution in [-0.2, 0) is 40.6 Å². The number of nitriles is 1. The Morgan fingerprint density at radius 2 is 1.86 bits per heavy atom. The molecule has 1 aliphatic heterocycles. The summed E-state index contributed by atoms with van der Waals surface area (Å²) >= 11 is 0. The summed E-state index contributed by atoms with van der Waals surface area (Å²) in [6, 6.07) is 14.1. The highest BCUT2D eigenvalue weighted by atomic mass is 16.6. The first-order valence-electron chi connectivity index (χ1n) is 13.8. The lowest BCUT2D eigenvalue weighted by Gasteiger charge is -2.25. The number of rotatable bonds is 10. The Morgan fingerprint density at radius 1 is 1.14 bits per heavy atom. The Morgan fingerprint density at radius 3 is 2.50 bits per heavy atom. The molecule has 1 aromatic carbocycles. The fraction of sp³-hybridized carbons (Fsp3) is 0.467. The Balaban J connectivity index is 1.66. The molecule has 1 amide bonds. The number of anilines is 1. The molecule has 0 unspecified atom stereocenters. The highest BCUT2D eigenvalue weighted by Crippen LogP contribution is 2.42. The van der Waals surface area contributed by atoms with E-state index in [-0.39, 0.29) is 42.3 Å². The van der Waals surface area contributed by atoms with Crippen molar-refractivity contribution < 1.29 is 33.7 Å². The molecule has 0 aliphatic carbocycles. The van der Waals surface area contributed by atoms with Crippen LogP contribution in [0.5, 0.6) is 0 Å². The van der Waals surface area contributed by atoms with Crippen molar-refractivity contribution in [2.24, 2.45) is 17.8 Å². The molecule has 12 heteroatoms. The van der Waals surface area contributed by atoms with Gasteiger partial charge in [-0.15, -0.1) is 0 Å². The van der Waals surface area contributed by atoms with Gasteiger partial charge in [0.15, 0.2) is 11.9 Å². The Labute approximate surface area is 243 Å². The zero-order chi connectivity index (χ0) is 30.6. The number of benzene rings is 1. The zero-order valence-electron chi connectivity index (χ0n) is 24.2. The molecular formula is C30H35N5O7. The summed E-state index contributed by atoms with van der Waals surface area (Å²) in [4.78, 5) is 42.1. The summed E-state index contributed by atoms with van der Waals surface area (Å²) in [5.41, 5.74) is -0.852. The minimum Gasteiger partial charge on any atom is -0.463 e. The summed E-state index contributed by atoms with van der Waals surface area (Å²) in [5, 5.41) is 29.0. The molecule has 222 valence electrons. The number of amides is 1. The van der Waals surface area contributed by atoms with Gasteiger partial charge in [0.1, 0.15) is 36.7 Å². The molecule has 0 bridgehead atoms. The predicted molar refractivity (Wildman–Crippen MR) is 150 cm³/mol. The molecule has 4 rings (SSSR count). The van der Waals surface area contributed by atoms with Crippen LogP contribution in [-0.4, -0.2) is 62.5 Å². The topological polar surface area (TPSA) is 165 Å². The van der Waals surface area contributed by atoms with Crippen LogP contribution in [0.4, 0.5) is 5.82 Å². The summed E-state index contributed by atoms with van der Waals surface area (Å²) in [6.07, 6.45) is -2.99. The number of nitrogens with zero attached hydrogens (tertiary/aromatic N) is 4. The van der Waals surface area contributed by atoms with Gasteiger partial charge in [0.25, 0.3) is 0 Å². The second kappa shape index (κ2) is 12.7.